The lowest BCUT2D eigenvalue weighted by atomic mass is 10.2. The summed E-state index contributed by atoms with van der Waals surface area (Å²) in [6.07, 6.45) is 1.46. The van der Waals surface area contributed by atoms with Gasteiger partial charge in [-0.2, -0.15) is 0 Å². The lowest BCUT2D eigenvalue weighted by Crippen LogP contribution is -1.89. The Bertz CT molecular complexity index is 557. The monoisotopic (exact) mass is 263 g/mol. The van der Waals surface area contributed by atoms with Crippen LogP contribution in [0.25, 0.3) is 0 Å². The lowest BCUT2D eigenvalue weighted by Gasteiger charge is -2.01. The van der Waals surface area contributed by atoms with Crippen molar-refractivity contribution in [3.05, 3.63) is 70.5 Å². The van der Waals surface area contributed by atoms with E-state index in [1.165, 1.54) is 18.3 Å². The third-order valence-electron chi connectivity index (χ3n) is 2.30. The second-order valence-electron chi connectivity index (χ2n) is 3.65. The SMILES string of the molecule is Fc1cccc(C=NOCc2ccccc2Cl)c1. The van der Waals surface area contributed by atoms with Crippen molar-refractivity contribution in [3.8, 4) is 0 Å². The van der Waals surface area contributed by atoms with Crippen molar-refractivity contribution in [3.63, 3.8) is 0 Å². The van der Waals surface area contributed by atoms with E-state index in [0.717, 1.165) is 5.56 Å². The van der Waals surface area contributed by atoms with Crippen molar-refractivity contribution in [1.82, 2.24) is 0 Å². The zero-order chi connectivity index (χ0) is 12.8. The summed E-state index contributed by atoms with van der Waals surface area (Å²) in [7, 11) is 0. The van der Waals surface area contributed by atoms with Gasteiger partial charge >= 0.3 is 0 Å². The minimum atomic E-state index is -0.301. The van der Waals surface area contributed by atoms with Gasteiger partial charge in [0, 0.05) is 10.6 Å². The molecule has 0 radical (unpaired) electrons. The first kappa shape index (κ1) is 12.6. The molecule has 0 heterocycles. The fourth-order valence-corrected chi connectivity index (χ4v) is 1.60. The molecule has 0 spiro atoms. The number of benzene rings is 2. The van der Waals surface area contributed by atoms with Crippen LogP contribution in [0.3, 0.4) is 0 Å². The second kappa shape index (κ2) is 6.17. The molecule has 0 atom stereocenters. The Balaban J connectivity index is 1.91. The van der Waals surface area contributed by atoms with Gasteiger partial charge in [0.15, 0.2) is 0 Å². The van der Waals surface area contributed by atoms with Crippen molar-refractivity contribution in [1.29, 1.82) is 0 Å². The minimum absolute atomic E-state index is 0.283. The molecule has 0 aliphatic heterocycles. The van der Waals surface area contributed by atoms with Gasteiger partial charge in [0.1, 0.15) is 12.4 Å². The van der Waals surface area contributed by atoms with Crippen LogP contribution in [0.5, 0.6) is 0 Å². The van der Waals surface area contributed by atoms with Crippen molar-refractivity contribution in [2.45, 2.75) is 6.61 Å². The van der Waals surface area contributed by atoms with E-state index >= 15 is 0 Å². The fourth-order valence-electron chi connectivity index (χ4n) is 1.41. The van der Waals surface area contributed by atoms with Crippen LogP contribution in [0.15, 0.2) is 53.7 Å². The van der Waals surface area contributed by atoms with E-state index in [-0.39, 0.29) is 12.4 Å². The Labute approximate surface area is 110 Å². The minimum Gasteiger partial charge on any atom is -0.391 e. The highest BCUT2D eigenvalue weighted by Gasteiger charge is 1.98. The number of hydrogen-bond donors (Lipinski definition) is 0. The first-order valence-electron chi connectivity index (χ1n) is 5.40. The number of nitrogens with zero attached hydrogens (tertiary/aromatic N) is 1. The summed E-state index contributed by atoms with van der Waals surface area (Å²) in [5.74, 6) is -0.301. The maximum absolute atomic E-state index is 12.9. The van der Waals surface area contributed by atoms with Gasteiger partial charge in [0.25, 0.3) is 0 Å². The zero-order valence-corrected chi connectivity index (χ0v) is 10.3. The highest BCUT2D eigenvalue weighted by molar-refractivity contribution is 6.31. The molecule has 0 saturated carbocycles. The predicted molar refractivity (Wildman–Crippen MR) is 70.2 cm³/mol. The summed E-state index contributed by atoms with van der Waals surface area (Å²) in [5.41, 5.74) is 1.50. The van der Waals surface area contributed by atoms with Crippen LogP contribution in [0.1, 0.15) is 11.1 Å². The molecule has 0 bridgehead atoms. The van der Waals surface area contributed by atoms with E-state index in [1.54, 1.807) is 18.2 Å². The molecule has 0 unspecified atom stereocenters. The molecule has 0 aliphatic carbocycles. The Morgan fingerprint density at radius 3 is 2.78 bits per heavy atom. The summed E-state index contributed by atoms with van der Waals surface area (Å²) >= 11 is 5.96. The summed E-state index contributed by atoms with van der Waals surface area (Å²) < 4.78 is 12.9. The highest BCUT2D eigenvalue weighted by Crippen LogP contribution is 2.15. The topological polar surface area (TPSA) is 21.6 Å². The van der Waals surface area contributed by atoms with E-state index in [4.69, 9.17) is 16.4 Å². The number of hydrogen-bond acceptors (Lipinski definition) is 2. The smallest absolute Gasteiger partial charge is 0.143 e. The van der Waals surface area contributed by atoms with Gasteiger partial charge in [-0.1, -0.05) is 47.1 Å². The van der Waals surface area contributed by atoms with Gasteiger partial charge in [0.2, 0.25) is 0 Å². The maximum atomic E-state index is 12.9. The molecule has 2 aromatic rings. The van der Waals surface area contributed by atoms with Crippen LogP contribution in [-0.2, 0) is 11.4 Å². The largest absolute Gasteiger partial charge is 0.391 e. The Morgan fingerprint density at radius 1 is 1.17 bits per heavy atom. The highest BCUT2D eigenvalue weighted by atomic mass is 35.5. The molecule has 92 valence electrons. The average molecular weight is 264 g/mol. The van der Waals surface area contributed by atoms with Gasteiger partial charge in [-0.05, 0) is 23.8 Å². The predicted octanol–water partition coefficient (Wildman–Crippen LogP) is 4.03. The Hall–Kier alpha value is -1.87. The Kier molecular flexibility index (Phi) is 4.31. The van der Waals surface area contributed by atoms with Gasteiger partial charge in [-0.3, -0.25) is 0 Å². The van der Waals surface area contributed by atoms with Crippen LogP contribution in [0.4, 0.5) is 4.39 Å². The number of oxime groups is 1. The summed E-state index contributed by atoms with van der Waals surface area (Å²) in [6, 6.07) is 13.5. The van der Waals surface area contributed by atoms with Crippen molar-refractivity contribution < 1.29 is 9.23 Å². The molecular formula is C14H11ClFNO. The standard InChI is InChI=1S/C14H11ClFNO/c15-14-7-2-1-5-12(14)10-18-17-9-11-4-3-6-13(16)8-11/h1-9H,10H2. The van der Waals surface area contributed by atoms with Crippen LogP contribution in [0.2, 0.25) is 5.02 Å². The van der Waals surface area contributed by atoms with Gasteiger partial charge in [0.05, 0.1) is 6.21 Å². The van der Waals surface area contributed by atoms with E-state index in [1.807, 2.05) is 18.2 Å². The molecule has 0 saturated heterocycles. The molecule has 4 heteroatoms. The number of rotatable bonds is 4. The molecule has 0 N–H and O–H groups in total. The maximum Gasteiger partial charge on any atom is 0.143 e. The quantitative estimate of drug-likeness (QED) is 0.603. The first-order chi connectivity index (χ1) is 8.75. The third kappa shape index (κ3) is 3.57. The molecule has 2 rings (SSSR count). The van der Waals surface area contributed by atoms with Gasteiger partial charge in [-0.25, -0.2) is 4.39 Å². The summed E-state index contributed by atoms with van der Waals surface area (Å²) in [6.45, 7) is 0.283. The van der Waals surface area contributed by atoms with Crippen LogP contribution in [0, 0.1) is 5.82 Å². The van der Waals surface area contributed by atoms with Crippen LogP contribution in [-0.4, -0.2) is 6.21 Å². The molecule has 0 amide bonds. The molecule has 2 aromatic carbocycles. The van der Waals surface area contributed by atoms with E-state index in [0.29, 0.717) is 10.6 Å². The fraction of sp³-hybridized carbons (Fsp3) is 0.0714. The normalized spacial score (nSPS) is 10.8. The zero-order valence-electron chi connectivity index (χ0n) is 9.51. The average Bonchev–Trinajstić information content (AvgIpc) is 2.37. The van der Waals surface area contributed by atoms with Crippen LogP contribution >= 0.6 is 11.6 Å². The third-order valence-corrected chi connectivity index (χ3v) is 2.67. The first-order valence-corrected chi connectivity index (χ1v) is 5.78. The summed E-state index contributed by atoms with van der Waals surface area (Å²) in [4.78, 5) is 5.11. The van der Waals surface area contributed by atoms with E-state index in [2.05, 4.69) is 5.16 Å². The van der Waals surface area contributed by atoms with Crippen molar-refractivity contribution in [2.24, 2.45) is 5.16 Å². The van der Waals surface area contributed by atoms with Crippen molar-refractivity contribution >= 4 is 17.8 Å². The second-order valence-corrected chi connectivity index (χ2v) is 4.06. The molecule has 2 nitrogen and oxygen atoms in total. The van der Waals surface area contributed by atoms with Crippen molar-refractivity contribution in [2.75, 3.05) is 0 Å². The Morgan fingerprint density at radius 2 is 2.00 bits per heavy atom. The number of halogens is 2. The van der Waals surface area contributed by atoms with E-state index in [9.17, 15) is 4.39 Å². The molecule has 0 aromatic heterocycles. The summed E-state index contributed by atoms with van der Waals surface area (Å²) in [5, 5.41) is 4.41. The molecular weight excluding hydrogens is 253 g/mol. The van der Waals surface area contributed by atoms with Gasteiger partial charge in [-0.15, -0.1) is 0 Å². The van der Waals surface area contributed by atoms with Crippen LogP contribution < -0.4 is 0 Å². The van der Waals surface area contributed by atoms with Gasteiger partial charge < -0.3 is 4.84 Å². The molecule has 0 fully saturated rings. The van der Waals surface area contributed by atoms with E-state index < -0.39 is 0 Å². The lowest BCUT2D eigenvalue weighted by molar-refractivity contribution is 0.132. The molecule has 18 heavy (non-hydrogen) atoms. The molecule has 0 aliphatic rings.